The monoisotopic (exact) mass is 700 g/mol. The van der Waals surface area contributed by atoms with Crippen LogP contribution in [0.25, 0.3) is 121 Å². The van der Waals surface area contributed by atoms with E-state index in [1.807, 2.05) is 36.4 Å². The molecular formula is C50H28N4O. The molecule has 0 fully saturated rings. The molecule has 0 spiro atoms. The number of benzene rings is 8. The molecule has 0 radical (unpaired) electrons. The van der Waals surface area contributed by atoms with Crippen LogP contribution < -0.4 is 0 Å². The predicted octanol–water partition coefficient (Wildman–Crippen LogP) is 13.1. The Morgan fingerprint density at radius 2 is 1.13 bits per heavy atom. The summed E-state index contributed by atoms with van der Waals surface area (Å²) in [6.45, 7) is 0. The lowest BCUT2D eigenvalue weighted by Crippen LogP contribution is -1.96. The highest BCUT2D eigenvalue weighted by atomic mass is 16.3. The number of rotatable bonds is 3. The number of hydrogen-bond donors (Lipinski definition) is 0. The van der Waals surface area contributed by atoms with E-state index in [2.05, 4.69) is 142 Å². The van der Waals surface area contributed by atoms with Crippen LogP contribution in [-0.4, -0.2) is 18.9 Å². The van der Waals surface area contributed by atoms with E-state index in [1.54, 1.807) is 0 Å². The molecule has 0 aliphatic rings. The zero-order valence-corrected chi connectivity index (χ0v) is 29.4. The van der Waals surface area contributed by atoms with Crippen LogP contribution in [0, 0.1) is 0 Å². The number of para-hydroxylation sites is 3. The molecule has 0 amide bonds. The van der Waals surface area contributed by atoms with Crippen molar-refractivity contribution < 1.29 is 4.42 Å². The summed E-state index contributed by atoms with van der Waals surface area (Å²) in [6, 6.07) is 60.5. The van der Waals surface area contributed by atoms with Gasteiger partial charge < -0.3 is 13.4 Å². The van der Waals surface area contributed by atoms with Gasteiger partial charge in [0.2, 0.25) is 0 Å². The quantitative estimate of drug-likeness (QED) is 0.184. The van der Waals surface area contributed by atoms with Crippen molar-refractivity contribution in [3.05, 3.63) is 170 Å². The van der Waals surface area contributed by atoms with Gasteiger partial charge in [0.05, 0.1) is 27.6 Å². The van der Waals surface area contributed by atoms with Crippen LogP contribution in [0.1, 0.15) is 0 Å². The molecule has 5 heterocycles. The van der Waals surface area contributed by atoms with E-state index < -0.39 is 0 Å². The Kier molecular flexibility index (Phi) is 5.57. The maximum absolute atomic E-state index is 6.47. The van der Waals surface area contributed by atoms with E-state index in [0.29, 0.717) is 11.4 Å². The van der Waals surface area contributed by atoms with Gasteiger partial charge in [-0.2, -0.15) is 0 Å². The van der Waals surface area contributed by atoms with Crippen molar-refractivity contribution in [1.29, 1.82) is 0 Å². The topological polar surface area (TPSA) is 48.3 Å². The van der Waals surface area contributed by atoms with Crippen LogP contribution in [0.5, 0.6) is 0 Å². The third-order valence-electron chi connectivity index (χ3n) is 11.6. The molecule has 5 nitrogen and oxygen atoms in total. The van der Waals surface area contributed by atoms with Crippen molar-refractivity contribution in [2.75, 3.05) is 0 Å². The predicted molar refractivity (Wildman–Crippen MR) is 227 cm³/mol. The molecular weight excluding hydrogens is 673 g/mol. The Bertz CT molecular complexity index is 3700. The molecule has 13 rings (SSSR count). The van der Waals surface area contributed by atoms with Crippen molar-refractivity contribution >= 4 is 92.7 Å². The van der Waals surface area contributed by atoms with Gasteiger partial charge in [0.15, 0.2) is 11.4 Å². The third-order valence-corrected chi connectivity index (χ3v) is 11.6. The van der Waals surface area contributed by atoms with Gasteiger partial charge in [0, 0.05) is 54.5 Å². The SMILES string of the molecule is c1ccc(-c2nc(-c3ccc(-n4c5ccccc5c5c6c7ccccc7n7c8ccc9ccccc9c8c(cc54)c67)cc3)c3oc4ccccc4c3n2)cc1. The maximum atomic E-state index is 6.47. The normalized spacial score (nSPS) is 12.4. The molecule has 13 aromatic rings. The zero-order chi connectivity index (χ0) is 35.8. The van der Waals surface area contributed by atoms with Crippen LogP contribution in [-0.2, 0) is 0 Å². The van der Waals surface area contributed by atoms with Crippen LogP contribution in [0.15, 0.2) is 174 Å². The summed E-state index contributed by atoms with van der Waals surface area (Å²) < 4.78 is 11.4. The lowest BCUT2D eigenvalue weighted by Gasteiger charge is -2.11. The highest BCUT2D eigenvalue weighted by Crippen LogP contribution is 2.48. The van der Waals surface area contributed by atoms with Gasteiger partial charge >= 0.3 is 0 Å². The summed E-state index contributed by atoms with van der Waals surface area (Å²) >= 11 is 0. The molecule has 8 aromatic carbocycles. The Labute approximate surface area is 313 Å². The van der Waals surface area contributed by atoms with Crippen LogP contribution >= 0.6 is 0 Å². The molecule has 0 atom stereocenters. The van der Waals surface area contributed by atoms with Crippen LogP contribution in [0.3, 0.4) is 0 Å². The van der Waals surface area contributed by atoms with Crippen LogP contribution in [0.2, 0.25) is 0 Å². The maximum Gasteiger partial charge on any atom is 0.180 e. The number of aromatic nitrogens is 4. The summed E-state index contributed by atoms with van der Waals surface area (Å²) in [6.07, 6.45) is 0. The number of fused-ring (bicyclic) bond motifs is 15. The summed E-state index contributed by atoms with van der Waals surface area (Å²) in [5, 5.41) is 11.2. The number of hydrogen-bond acceptors (Lipinski definition) is 3. The van der Waals surface area contributed by atoms with Crippen molar-refractivity contribution in [2.24, 2.45) is 0 Å². The van der Waals surface area contributed by atoms with Gasteiger partial charge in [-0.1, -0.05) is 121 Å². The van der Waals surface area contributed by atoms with E-state index in [9.17, 15) is 0 Å². The first-order valence-electron chi connectivity index (χ1n) is 18.7. The fourth-order valence-corrected chi connectivity index (χ4v) is 9.33. The minimum absolute atomic E-state index is 0.676. The molecule has 0 aliphatic heterocycles. The van der Waals surface area contributed by atoms with Gasteiger partial charge in [-0.05, 0) is 59.3 Å². The number of nitrogens with zero attached hydrogens (tertiary/aromatic N) is 4. The van der Waals surface area contributed by atoms with E-state index in [0.717, 1.165) is 39.0 Å². The minimum atomic E-state index is 0.676. The highest BCUT2D eigenvalue weighted by molar-refractivity contribution is 6.37. The fraction of sp³-hybridized carbons (Fsp3) is 0. The van der Waals surface area contributed by atoms with E-state index in [4.69, 9.17) is 14.4 Å². The third kappa shape index (κ3) is 3.81. The molecule has 0 N–H and O–H groups in total. The fourth-order valence-electron chi connectivity index (χ4n) is 9.33. The smallest absolute Gasteiger partial charge is 0.180 e. The molecule has 55 heavy (non-hydrogen) atoms. The molecule has 0 aliphatic carbocycles. The summed E-state index contributed by atoms with van der Waals surface area (Å²) in [5.74, 6) is 0.676. The van der Waals surface area contributed by atoms with E-state index in [-0.39, 0.29) is 0 Å². The second-order valence-corrected chi connectivity index (χ2v) is 14.5. The Balaban J connectivity index is 1.10. The van der Waals surface area contributed by atoms with E-state index in [1.165, 1.54) is 70.7 Å². The van der Waals surface area contributed by atoms with Gasteiger partial charge in [-0.25, -0.2) is 9.97 Å². The van der Waals surface area contributed by atoms with E-state index >= 15 is 0 Å². The second kappa shape index (κ2) is 10.6. The molecule has 5 aromatic heterocycles. The van der Waals surface area contributed by atoms with Crippen LogP contribution in [0.4, 0.5) is 0 Å². The zero-order valence-electron chi connectivity index (χ0n) is 29.4. The lowest BCUT2D eigenvalue weighted by atomic mass is 9.99. The molecule has 0 bridgehead atoms. The average molecular weight is 701 g/mol. The Morgan fingerprint density at radius 1 is 0.436 bits per heavy atom. The minimum Gasteiger partial charge on any atom is -0.452 e. The van der Waals surface area contributed by atoms with Crippen molar-refractivity contribution in [1.82, 2.24) is 18.9 Å². The van der Waals surface area contributed by atoms with Crippen molar-refractivity contribution in [2.45, 2.75) is 0 Å². The molecule has 0 unspecified atom stereocenters. The van der Waals surface area contributed by atoms with Crippen molar-refractivity contribution in [3.63, 3.8) is 0 Å². The largest absolute Gasteiger partial charge is 0.452 e. The summed E-state index contributed by atoms with van der Waals surface area (Å²) in [4.78, 5) is 10.2. The first-order valence-corrected chi connectivity index (χ1v) is 18.7. The van der Waals surface area contributed by atoms with Gasteiger partial charge in [-0.15, -0.1) is 0 Å². The Hall–Kier alpha value is -7.50. The highest BCUT2D eigenvalue weighted by Gasteiger charge is 2.25. The van der Waals surface area contributed by atoms with Gasteiger partial charge in [0.25, 0.3) is 0 Å². The molecule has 0 saturated carbocycles. The molecule has 254 valence electrons. The van der Waals surface area contributed by atoms with Crippen molar-refractivity contribution in [3.8, 4) is 28.3 Å². The van der Waals surface area contributed by atoms with Gasteiger partial charge in [-0.3, -0.25) is 0 Å². The summed E-state index contributed by atoms with van der Waals surface area (Å²) in [7, 11) is 0. The first kappa shape index (κ1) is 29.0. The standard InChI is InChI=1S/C50H28N4O/c1-2-13-31(14-3-1)50-51-46(49-47(52-50)36-18-8-11-21-42(36)55-49)30-22-25-32(26-23-30)53-38-19-9-6-16-34(38)44-41(53)28-37-43-33-15-5-4-12-29(33)24-27-40(43)54-39-20-10-7-17-35(39)45(44)48(37)54/h1-28H. The number of furan rings is 1. The average Bonchev–Trinajstić information content (AvgIpc) is 3.99. The van der Waals surface area contributed by atoms with Gasteiger partial charge in [0.1, 0.15) is 16.8 Å². The Morgan fingerprint density at radius 3 is 1.96 bits per heavy atom. The summed E-state index contributed by atoms with van der Waals surface area (Å²) in [5.41, 5.74) is 12.2. The molecule has 5 heteroatoms. The molecule has 0 saturated heterocycles. The lowest BCUT2D eigenvalue weighted by molar-refractivity contribution is 0.667. The first-order chi connectivity index (χ1) is 27.3. The second-order valence-electron chi connectivity index (χ2n) is 14.5.